The summed E-state index contributed by atoms with van der Waals surface area (Å²) in [5.41, 5.74) is 0.890. The van der Waals surface area contributed by atoms with E-state index in [4.69, 9.17) is 11.6 Å². The molecule has 27 heavy (non-hydrogen) atoms. The highest BCUT2D eigenvalue weighted by Gasteiger charge is 2.34. The number of hydrogen-bond donors (Lipinski definition) is 2. The van der Waals surface area contributed by atoms with Crippen molar-refractivity contribution in [1.29, 1.82) is 0 Å². The SMILES string of the molecule is Cc1cc(Cl)cc2c(=O)n(CC(=O)C[C@@H]3[C@@H](O)CCCN3C(=O)O)cnc12. The van der Waals surface area contributed by atoms with E-state index in [0.29, 0.717) is 28.8 Å². The third-order valence-electron chi connectivity index (χ3n) is 4.86. The zero-order chi connectivity index (χ0) is 19.7. The highest BCUT2D eigenvalue weighted by molar-refractivity contribution is 6.31. The summed E-state index contributed by atoms with van der Waals surface area (Å²) in [5.74, 6) is -0.353. The fourth-order valence-electron chi connectivity index (χ4n) is 3.53. The number of Topliss-reactive ketones (excluding diaryl/α,β-unsaturated/α-hetero) is 1. The van der Waals surface area contributed by atoms with E-state index in [9.17, 15) is 24.6 Å². The lowest BCUT2D eigenvalue weighted by molar-refractivity contribution is -0.122. The number of likely N-dealkylation sites (tertiary alicyclic amines) is 1. The molecule has 1 aromatic heterocycles. The van der Waals surface area contributed by atoms with E-state index in [1.165, 1.54) is 17.0 Å². The van der Waals surface area contributed by atoms with Gasteiger partial charge in [-0.2, -0.15) is 0 Å². The monoisotopic (exact) mass is 393 g/mol. The Morgan fingerprint density at radius 3 is 2.81 bits per heavy atom. The number of carbonyl (C=O) groups excluding carboxylic acids is 1. The summed E-state index contributed by atoms with van der Waals surface area (Å²) < 4.78 is 1.18. The van der Waals surface area contributed by atoms with Gasteiger partial charge in [0.25, 0.3) is 5.56 Å². The molecule has 1 aromatic carbocycles. The number of aliphatic hydroxyl groups is 1. The molecule has 2 N–H and O–H groups in total. The molecule has 144 valence electrons. The van der Waals surface area contributed by atoms with Crippen molar-refractivity contribution in [1.82, 2.24) is 14.5 Å². The number of fused-ring (bicyclic) bond motifs is 1. The van der Waals surface area contributed by atoms with Crippen molar-refractivity contribution in [2.75, 3.05) is 6.54 Å². The summed E-state index contributed by atoms with van der Waals surface area (Å²) in [4.78, 5) is 41.8. The van der Waals surface area contributed by atoms with Crippen LogP contribution in [0.4, 0.5) is 4.79 Å². The molecule has 0 saturated carbocycles. The molecule has 0 aliphatic carbocycles. The van der Waals surface area contributed by atoms with Crippen molar-refractivity contribution in [3.8, 4) is 0 Å². The molecule has 8 nitrogen and oxygen atoms in total. The predicted molar refractivity (Wildman–Crippen MR) is 99.1 cm³/mol. The van der Waals surface area contributed by atoms with Gasteiger partial charge in [0.05, 0.1) is 35.9 Å². The molecular weight excluding hydrogens is 374 g/mol. The second-order valence-electron chi connectivity index (χ2n) is 6.79. The minimum absolute atomic E-state index is 0.160. The number of aliphatic hydroxyl groups excluding tert-OH is 1. The van der Waals surface area contributed by atoms with Gasteiger partial charge >= 0.3 is 6.09 Å². The van der Waals surface area contributed by atoms with Gasteiger partial charge in [0.15, 0.2) is 5.78 Å². The molecule has 1 aliphatic heterocycles. The van der Waals surface area contributed by atoms with Gasteiger partial charge < -0.3 is 15.1 Å². The molecule has 2 heterocycles. The number of benzene rings is 1. The van der Waals surface area contributed by atoms with Crippen molar-refractivity contribution in [3.63, 3.8) is 0 Å². The van der Waals surface area contributed by atoms with E-state index < -0.39 is 23.8 Å². The second-order valence-corrected chi connectivity index (χ2v) is 7.23. The molecule has 2 aromatic rings. The Morgan fingerprint density at radius 1 is 1.37 bits per heavy atom. The number of aryl methyl sites for hydroxylation is 1. The van der Waals surface area contributed by atoms with Crippen LogP contribution < -0.4 is 5.56 Å². The Labute approximate surface area is 160 Å². The molecule has 1 fully saturated rings. The average molecular weight is 394 g/mol. The zero-order valence-corrected chi connectivity index (χ0v) is 15.5. The van der Waals surface area contributed by atoms with Gasteiger partial charge in [0.1, 0.15) is 0 Å². The largest absolute Gasteiger partial charge is 0.465 e. The summed E-state index contributed by atoms with van der Waals surface area (Å²) in [6.45, 7) is 1.82. The van der Waals surface area contributed by atoms with Gasteiger partial charge in [-0.25, -0.2) is 9.78 Å². The average Bonchev–Trinajstić information content (AvgIpc) is 2.59. The van der Waals surface area contributed by atoms with Gasteiger partial charge in [0, 0.05) is 18.0 Å². The van der Waals surface area contributed by atoms with E-state index in [1.54, 1.807) is 13.0 Å². The van der Waals surface area contributed by atoms with E-state index in [0.717, 1.165) is 10.5 Å². The lowest BCUT2D eigenvalue weighted by atomic mass is 9.95. The van der Waals surface area contributed by atoms with Crippen LogP contribution in [0.3, 0.4) is 0 Å². The summed E-state index contributed by atoms with van der Waals surface area (Å²) in [6, 6.07) is 2.41. The molecule has 3 rings (SSSR count). The Kier molecular flexibility index (Phi) is 5.48. The van der Waals surface area contributed by atoms with E-state index >= 15 is 0 Å². The molecule has 0 spiro atoms. The van der Waals surface area contributed by atoms with Crippen molar-refractivity contribution >= 4 is 34.4 Å². The topological polar surface area (TPSA) is 113 Å². The quantitative estimate of drug-likeness (QED) is 0.819. The van der Waals surface area contributed by atoms with Crippen molar-refractivity contribution in [2.45, 2.75) is 44.9 Å². The minimum Gasteiger partial charge on any atom is -0.465 e. The first-order chi connectivity index (χ1) is 12.8. The number of nitrogens with zero attached hydrogens (tertiary/aromatic N) is 3. The van der Waals surface area contributed by atoms with Crippen molar-refractivity contribution < 1.29 is 19.8 Å². The second kappa shape index (κ2) is 7.66. The molecule has 9 heteroatoms. The molecule has 0 bridgehead atoms. The van der Waals surface area contributed by atoms with Gasteiger partial charge in [-0.1, -0.05) is 11.6 Å². The Hall–Kier alpha value is -2.45. The maximum Gasteiger partial charge on any atom is 0.407 e. The van der Waals surface area contributed by atoms with Crippen LogP contribution in [-0.4, -0.2) is 55.2 Å². The third-order valence-corrected chi connectivity index (χ3v) is 5.07. The Bertz CT molecular complexity index is 958. The van der Waals surface area contributed by atoms with Crippen LogP contribution >= 0.6 is 11.6 Å². The number of carbonyl (C=O) groups is 2. The van der Waals surface area contributed by atoms with Gasteiger partial charge in [-0.05, 0) is 37.5 Å². The molecular formula is C18H20ClN3O5. The van der Waals surface area contributed by atoms with Crippen LogP contribution in [0, 0.1) is 6.92 Å². The lowest BCUT2D eigenvalue weighted by Gasteiger charge is -2.36. The molecule has 0 unspecified atom stereocenters. The summed E-state index contributed by atoms with van der Waals surface area (Å²) in [6.07, 6.45) is 0.0684. The summed E-state index contributed by atoms with van der Waals surface area (Å²) >= 11 is 6.01. The molecule has 1 aliphatic rings. The Morgan fingerprint density at radius 2 is 2.11 bits per heavy atom. The summed E-state index contributed by atoms with van der Waals surface area (Å²) in [7, 11) is 0. The lowest BCUT2D eigenvalue weighted by Crippen LogP contribution is -2.51. The first kappa shape index (κ1) is 19.3. The molecule has 1 saturated heterocycles. The Balaban J connectivity index is 1.82. The van der Waals surface area contributed by atoms with Crippen molar-refractivity contribution in [3.05, 3.63) is 39.4 Å². The molecule has 2 atom stereocenters. The predicted octanol–water partition coefficient (Wildman–Crippen LogP) is 1.82. The highest BCUT2D eigenvalue weighted by atomic mass is 35.5. The van der Waals surface area contributed by atoms with Crippen LogP contribution in [0.25, 0.3) is 10.9 Å². The number of carboxylic acid groups (broad SMARTS) is 1. The zero-order valence-electron chi connectivity index (χ0n) is 14.8. The first-order valence-electron chi connectivity index (χ1n) is 8.62. The smallest absolute Gasteiger partial charge is 0.407 e. The van der Waals surface area contributed by atoms with Gasteiger partial charge in [-0.3, -0.25) is 14.2 Å². The minimum atomic E-state index is -1.17. The standard InChI is InChI=1S/C18H20ClN3O5/c1-10-5-11(19)6-13-16(10)20-9-21(17(13)25)8-12(23)7-14-15(24)3-2-4-22(14)18(26)27/h5-6,9,14-15,24H,2-4,7-8H2,1H3,(H,26,27)/t14-,15+/m1/s1. The fourth-order valence-corrected chi connectivity index (χ4v) is 3.80. The number of ketones is 1. The van der Waals surface area contributed by atoms with Crippen LogP contribution in [0.5, 0.6) is 0 Å². The maximum atomic E-state index is 12.7. The molecule has 0 radical (unpaired) electrons. The normalized spacial score (nSPS) is 20.0. The highest BCUT2D eigenvalue weighted by Crippen LogP contribution is 2.22. The van der Waals surface area contributed by atoms with Crippen LogP contribution in [0.1, 0.15) is 24.8 Å². The van der Waals surface area contributed by atoms with Crippen LogP contribution in [0.15, 0.2) is 23.3 Å². The third kappa shape index (κ3) is 3.96. The number of hydrogen-bond acceptors (Lipinski definition) is 5. The van der Waals surface area contributed by atoms with Crippen LogP contribution in [0.2, 0.25) is 5.02 Å². The maximum absolute atomic E-state index is 12.7. The van der Waals surface area contributed by atoms with Crippen LogP contribution in [-0.2, 0) is 11.3 Å². The summed E-state index contributed by atoms with van der Waals surface area (Å²) in [5, 5.41) is 20.1. The van der Waals surface area contributed by atoms with Gasteiger partial charge in [-0.15, -0.1) is 0 Å². The number of aromatic nitrogens is 2. The van der Waals surface area contributed by atoms with E-state index in [-0.39, 0.29) is 25.3 Å². The van der Waals surface area contributed by atoms with Crippen molar-refractivity contribution in [2.24, 2.45) is 0 Å². The molecule has 1 amide bonds. The van der Waals surface area contributed by atoms with E-state index in [2.05, 4.69) is 4.98 Å². The number of piperidine rings is 1. The van der Waals surface area contributed by atoms with E-state index in [1.807, 2.05) is 0 Å². The number of amides is 1. The van der Waals surface area contributed by atoms with Gasteiger partial charge in [0.2, 0.25) is 0 Å². The number of rotatable bonds is 4. The fraction of sp³-hybridized carbons (Fsp3) is 0.444. The first-order valence-corrected chi connectivity index (χ1v) is 9.00. The number of halogens is 1.